The Kier molecular flexibility index (Phi) is 4.12. The molecule has 1 rings (SSSR count). The molecule has 0 saturated carbocycles. The van der Waals surface area contributed by atoms with Crippen LogP contribution in [-0.2, 0) is 0 Å². The highest BCUT2D eigenvalue weighted by molar-refractivity contribution is 5.13. The van der Waals surface area contributed by atoms with Crippen LogP contribution in [0, 0.1) is 0 Å². The maximum Gasteiger partial charge on any atom is 0.0377 e. The number of hydrazine groups is 1. The number of nitrogens with zero attached hydrogens (tertiary/aromatic N) is 1. The normalized spacial score (nSPS) is 17.1. The lowest BCUT2D eigenvalue weighted by Crippen LogP contribution is -2.26. The molecule has 0 spiro atoms. The van der Waals surface area contributed by atoms with Crippen LogP contribution in [0.25, 0.3) is 0 Å². The zero-order chi connectivity index (χ0) is 8.15. The standard InChI is InChI=1S/C6H12N2.C2H6/c1-5-4-7-8(3)6(5)2;1-2/h7H,4H2,1-3H3;1-2H3. The predicted molar refractivity (Wildman–Crippen MR) is 45.5 cm³/mol. The number of nitrogens with one attached hydrogen (secondary N) is 1. The molecule has 60 valence electrons. The molecule has 1 N–H and O–H groups in total. The maximum atomic E-state index is 3.18. The van der Waals surface area contributed by atoms with Crippen LogP contribution < -0.4 is 5.43 Å². The Balaban J connectivity index is 0.000000371. The predicted octanol–water partition coefficient (Wildman–Crippen LogP) is 1.76. The van der Waals surface area contributed by atoms with E-state index in [0.29, 0.717) is 0 Å². The largest absolute Gasteiger partial charge is 0.316 e. The van der Waals surface area contributed by atoms with Crippen LogP contribution in [-0.4, -0.2) is 18.6 Å². The van der Waals surface area contributed by atoms with Crippen LogP contribution in [0.3, 0.4) is 0 Å². The van der Waals surface area contributed by atoms with Gasteiger partial charge in [0, 0.05) is 19.3 Å². The van der Waals surface area contributed by atoms with Gasteiger partial charge in [0.2, 0.25) is 0 Å². The summed E-state index contributed by atoms with van der Waals surface area (Å²) in [5.41, 5.74) is 5.97. The topological polar surface area (TPSA) is 15.3 Å². The summed E-state index contributed by atoms with van der Waals surface area (Å²) in [6.07, 6.45) is 0. The van der Waals surface area contributed by atoms with Crippen molar-refractivity contribution in [1.29, 1.82) is 0 Å². The van der Waals surface area contributed by atoms with Gasteiger partial charge in [-0.1, -0.05) is 13.8 Å². The highest BCUT2D eigenvalue weighted by Crippen LogP contribution is 2.09. The molecule has 0 atom stereocenters. The lowest BCUT2D eigenvalue weighted by atomic mass is 10.3. The van der Waals surface area contributed by atoms with Crippen LogP contribution in [0.4, 0.5) is 0 Å². The smallest absolute Gasteiger partial charge is 0.0377 e. The second kappa shape index (κ2) is 4.34. The minimum Gasteiger partial charge on any atom is -0.316 e. The van der Waals surface area contributed by atoms with Gasteiger partial charge in [0.25, 0.3) is 0 Å². The third-order valence-electron chi connectivity index (χ3n) is 1.70. The van der Waals surface area contributed by atoms with Crippen molar-refractivity contribution in [2.75, 3.05) is 13.6 Å². The van der Waals surface area contributed by atoms with Crippen molar-refractivity contribution in [2.45, 2.75) is 27.7 Å². The molecule has 0 aromatic carbocycles. The molecule has 0 saturated heterocycles. The Bertz CT molecular complexity index is 127. The lowest BCUT2D eigenvalue weighted by Gasteiger charge is -2.11. The molecule has 10 heavy (non-hydrogen) atoms. The fourth-order valence-corrected chi connectivity index (χ4v) is 0.770. The molecule has 1 aliphatic rings. The van der Waals surface area contributed by atoms with Gasteiger partial charge in [0.05, 0.1) is 0 Å². The van der Waals surface area contributed by atoms with Gasteiger partial charge in [-0.2, -0.15) is 0 Å². The van der Waals surface area contributed by atoms with Crippen molar-refractivity contribution in [1.82, 2.24) is 10.4 Å². The molecular formula is C8H18N2. The summed E-state index contributed by atoms with van der Waals surface area (Å²) in [6.45, 7) is 9.28. The molecular weight excluding hydrogens is 124 g/mol. The van der Waals surface area contributed by atoms with Gasteiger partial charge in [-0.05, 0) is 19.4 Å². The number of allylic oxidation sites excluding steroid dienone is 1. The summed E-state index contributed by atoms with van der Waals surface area (Å²) < 4.78 is 0. The number of hydrogen-bond acceptors (Lipinski definition) is 2. The second-order valence-electron chi connectivity index (χ2n) is 2.26. The first kappa shape index (κ1) is 9.50. The average Bonchev–Trinajstić information content (AvgIpc) is 2.25. The average molecular weight is 142 g/mol. The Hall–Kier alpha value is -0.500. The van der Waals surface area contributed by atoms with Crippen molar-refractivity contribution in [3.8, 4) is 0 Å². The van der Waals surface area contributed by atoms with Crippen molar-refractivity contribution in [3.63, 3.8) is 0 Å². The Morgan fingerprint density at radius 3 is 1.90 bits per heavy atom. The van der Waals surface area contributed by atoms with Gasteiger partial charge in [0.1, 0.15) is 0 Å². The Labute approximate surface area is 63.9 Å². The molecule has 0 aromatic heterocycles. The maximum absolute atomic E-state index is 3.18. The van der Waals surface area contributed by atoms with E-state index in [-0.39, 0.29) is 0 Å². The van der Waals surface area contributed by atoms with E-state index in [1.807, 2.05) is 20.9 Å². The molecule has 2 nitrogen and oxygen atoms in total. The fourth-order valence-electron chi connectivity index (χ4n) is 0.770. The molecule has 0 aliphatic carbocycles. The molecule has 0 fully saturated rings. The summed E-state index contributed by atoms with van der Waals surface area (Å²) in [7, 11) is 2.03. The van der Waals surface area contributed by atoms with Crippen molar-refractivity contribution < 1.29 is 0 Å². The minimum absolute atomic E-state index is 1.02. The third kappa shape index (κ3) is 2.03. The molecule has 1 heterocycles. The Morgan fingerprint density at radius 1 is 1.30 bits per heavy atom. The van der Waals surface area contributed by atoms with E-state index in [0.717, 1.165) is 6.54 Å². The summed E-state index contributed by atoms with van der Waals surface area (Å²) in [6, 6.07) is 0. The monoisotopic (exact) mass is 142 g/mol. The highest BCUT2D eigenvalue weighted by atomic mass is 15.5. The molecule has 0 unspecified atom stereocenters. The zero-order valence-electron chi connectivity index (χ0n) is 7.65. The first-order chi connectivity index (χ1) is 4.72. The molecule has 1 aliphatic heterocycles. The summed E-state index contributed by atoms with van der Waals surface area (Å²) in [5, 5.41) is 2.05. The van der Waals surface area contributed by atoms with Crippen LogP contribution in [0.2, 0.25) is 0 Å². The van der Waals surface area contributed by atoms with Gasteiger partial charge in [-0.3, -0.25) is 0 Å². The van der Waals surface area contributed by atoms with Crippen molar-refractivity contribution in [2.24, 2.45) is 0 Å². The van der Waals surface area contributed by atoms with Crippen LogP contribution >= 0.6 is 0 Å². The van der Waals surface area contributed by atoms with Crippen molar-refractivity contribution in [3.05, 3.63) is 11.3 Å². The third-order valence-corrected chi connectivity index (χ3v) is 1.70. The number of rotatable bonds is 0. The highest BCUT2D eigenvalue weighted by Gasteiger charge is 2.08. The van der Waals surface area contributed by atoms with Crippen LogP contribution in [0.1, 0.15) is 27.7 Å². The van der Waals surface area contributed by atoms with Gasteiger partial charge in [-0.15, -0.1) is 0 Å². The van der Waals surface area contributed by atoms with E-state index < -0.39 is 0 Å². The lowest BCUT2D eigenvalue weighted by molar-refractivity contribution is 0.346. The van der Waals surface area contributed by atoms with Gasteiger partial charge in [-0.25, -0.2) is 5.43 Å². The summed E-state index contributed by atoms with van der Waals surface area (Å²) in [5.74, 6) is 0. The van der Waals surface area contributed by atoms with E-state index in [1.165, 1.54) is 11.3 Å². The van der Waals surface area contributed by atoms with Crippen LogP contribution in [0.15, 0.2) is 11.3 Å². The number of hydrogen-bond donors (Lipinski definition) is 1. The van der Waals surface area contributed by atoms with Gasteiger partial charge in [0.15, 0.2) is 0 Å². The quantitative estimate of drug-likeness (QED) is 0.554. The SMILES string of the molecule is CC.CC1=C(C)N(C)NC1. The molecule has 0 amide bonds. The molecule has 0 aromatic rings. The summed E-state index contributed by atoms with van der Waals surface area (Å²) in [4.78, 5) is 0. The van der Waals surface area contributed by atoms with Gasteiger partial charge < -0.3 is 5.01 Å². The van der Waals surface area contributed by atoms with E-state index in [4.69, 9.17) is 0 Å². The first-order valence-corrected chi connectivity index (χ1v) is 3.85. The molecule has 2 heteroatoms. The van der Waals surface area contributed by atoms with E-state index >= 15 is 0 Å². The Morgan fingerprint density at radius 2 is 1.80 bits per heavy atom. The minimum atomic E-state index is 1.02. The second-order valence-corrected chi connectivity index (χ2v) is 2.26. The van der Waals surface area contributed by atoms with Crippen LogP contribution in [0.5, 0.6) is 0 Å². The molecule has 0 bridgehead atoms. The zero-order valence-corrected chi connectivity index (χ0v) is 7.65. The van der Waals surface area contributed by atoms with E-state index in [1.54, 1.807) is 0 Å². The first-order valence-electron chi connectivity index (χ1n) is 3.85. The molecule has 0 radical (unpaired) electrons. The fraction of sp³-hybridized carbons (Fsp3) is 0.750. The van der Waals surface area contributed by atoms with Crippen molar-refractivity contribution >= 4 is 0 Å². The van der Waals surface area contributed by atoms with Gasteiger partial charge >= 0.3 is 0 Å². The van der Waals surface area contributed by atoms with E-state index in [2.05, 4.69) is 24.3 Å². The van der Waals surface area contributed by atoms with E-state index in [9.17, 15) is 0 Å². The summed E-state index contributed by atoms with van der Waals surface area (Å²) >= 11 is 0.